The standard InChI is InChI=1S/C25H30ClN3O/c1-5-29-24-15-23(26)19(14-22(24)18(2)16-25(29,3)4)17-27-20-6-8-21(9-7-20)28-10-12-30-13-11-28/h6-9,14-17H,5,10-13H2,1-4H3. The molecule has 1 fully saturated rings. The third-order valence-electron chi connectivity index (χ3n) is 5.99. The van der Waals surface area contributed by atoms with E-state index in [4.69, 9.17) is 16.3 Å². The van der Waals surface area contributed by atoms with E-state index in [0.29, 0.717) is 0 Å². The maximum Gasteiger partial charge on any atom is 0.0642 e. The highest BCUT2D eigenvalue weighted by molar-refractivity contribution is 6.33. The molecule has 5 heteroatoms. The molecule has 0 spiro atoms. The van der Waals surface area contributed by atoms with Crippen LogP contribution in [0.2, 0.25) is 5.02 Å². The average molecular weight is 424 g/mol. The van der Waals surface area contributed by atoms with Gasteiger partial charge in [0.2, 0.25) is 0 Å². The number of fused-ring (bicyclic) bond motifs is 1. The van der Waals surface area contributed by atoms with Gasteiger partial charge in [0.25, 0.3) is 0 Å². The van der Waals surface area contributed by atoms with Crippen molar-refractivity contribution in [3.05, 3.63) is 58.6 Å². The average Bonchev–Trinajstić information content (AvgIpc) is 2.73. The Bertz CT molecular complexity index is 973. The number of halogens is 1. The zero-order chi connectivity index (χ0) is 21.3. The molecule has 2 aromatic rings. The first-order valence-electron chi connectivity index (χ1n) is 10.7. The van der Waals surface area contributed by atoms with E-state index in [2.05, 4.69) is 85.0 Å². The predicted octanol–water partition coefficient (Wildman–Crippen LogP) is 5.95. The summed E-state index contributed by atoms with van der Waals surface area (Å²) in [6.45, 7) is 13.2. The molecule has 0 aromatic heterocycles. The van der Waals surface area contributed by atoms with Crippen LogP contribution in [0.1, 0.15) is 38.8 Å². The molecule has 2 aliphatic heterocycles. The fourth-order valence-corrected chi connectivity index (χ4v) is 4.71. The van der Waals surface area contributed by atoms with Crippen LogP contribution in [0.25, 0.3) is 5.57 Å². The molecular weight excluding hydrogens is 394 g/mol. The SMILES string of the molecule is CCN1c2cc(Cl)c(C=Nc3ccc(N4CCOCC4)cc3)cc2C(C)=CC1(C)C. The summed E-state index contributed by atoms with van der Waals surface area (Å²) in [6.07, 6.45) is 4.20. The minimum absolute atomic E-state index is 0.0208. The maximum absolute atomic E-state index is 6.66. The lowest BCUT2D eigenvalue weighted by Gasteiger charge is -2.43. The summed E-state index contributed by atoms with van der Waals surface area (Å²) in [5, 5.41) is 0.728. The van der Waals surface area contributed by atoms with Crippen molar-refractivity contribution in [2.75, 3.05) is 42.6 Å². The zero-order valence-electron chi connectivity index (χ0n) is 18.3. The van der Waals surface area contributed by atoms with Gasteiger partial charge < -0.3 is 14.5 Å². The number of morpholine rings is 1. The van der Waals surface area contributed by atoms with E-state index in [9.17, 15) is 0 Å². The van der Waals surface area contributed by atoms with Crippen LogP contribution >= 0.6 is 11.6 Å². The molecule has 0 amide bonds. The van der Waals surface area contributed by atoms with Crippen molar-refractivity contribution < 1.29 is 4.74 Å². The number of aliphatic imine (C=N–C) groups is 1. The first-order chi connectivity index (χ1) is 14.4. The highest BCUT2D eigenvalue weighted by Crippen LogP contribution is 2.41. The first-order valence-corrected chi connectivity index (χ1v) is 11.0. The molecule has 4 rings (SSSR count). The van der Waals surface area contributed by atoms with E-state index in [1.807, 2.05) is 6.21 Å². The molecular formula is C25H30ClN3O. The Hall–Kier alpha value is -2.30. The zero-order valence-corrected chi connectivity index (χ0v) is 19.0. The summed E-state index contributed by atoms with van der Waals surface area (Å²) in [6, 6.07) is 12.6. The monoisotopic (exact) mass is 423 g/mol. The van der Waals surface area contributed by atoms with E-state index in [-0.39, 0.29) is 5.54 Å². The molecule has 30 heavy (non-hydrogen) atoms. The molecule has 0 saturated carbocycles. The second-order valence-corrected chi connectivity index (χ2v) is 8.90. The topological polar surface area (TPSA) is 28.1 Å². The van der Waals surface area contributed by atoms with Gasteiger partial charge in [-0.3, -0.25) is 4.99 Å². The maximum atomic E-state index is 6.66. The lowest BCUT2D eigenvalue weighted by atomic mass is 9.88. The molecule has 0 bridgehead atoms. The molecule has 2 aromatic carbocycles. The van der Waals surface area contributed by atoms with Crippen LogP contribution < -0.4 is 9.80 Å². The number of rotatable bonds is 4. The number of benzene rings is 2. The van der Waals surface area contributed by atoms with E-state index in [1.54, 1.807) is 0 Å². The molecule has 0 radical (unpaired) electrons. The van der Waals surface area contributed by atoms with Gasteiger partial charge in [0.1, 0.15) is 0 Å². The third kappa shape index (κ3) is 4.12. The Morgan fingerprint density at radius 1 is 1.13 bits per heavy atom. The van der Waals surface area contributed by atoms with Crippen LogP contribution in [0, 0.1) is 0 Å². The van der Waals surface area contributed by atoms with E-state index in [0.717, 1.165) is 49.1 Å². The lowest BCUT2D eigenvalue weighted by molar-refractivity contribution is 0.122. The number of likely N-dealkylation sites (N-methyl/N-ethyl adjacent to an activating group) is 1. The van der Waals surface area contributed by atoms with Crippen molar-refractivity contribution in [3.8, 4) is 0 Å². The molecule has 0 aliphatic carbocycles. The smallest absolute Gasteiger partial charge is 0.0642 e. The van der Waals surface area contributed by atoms with Crippen LogP contribution in [0.5, 0.6) is 0 Å². The molecule has 0 unspecified atom stereocenters. The first kappa shape index (κ1) is 21.0. The molecule has 0 N–H and O–H groups in total. The van der Waals surface area contributed by atoms with E-state index in [1.165, 1.54) is 22.5 Å². The Morgan fingerprint density at radius 2 is 1.83 bits per heavy atom. The Labute approximate surface area is 184 Å². The largest absolute Gasteiger partial charge is 0.378 e. The van der Waals surface area contributed by atoms with Gasteiger partial charge in [0.15, 0.2) is 0 Å². The van der Waals surface area contributed by atoms with Gasteiger partial charge in [-0.1, -0.05) is 17.7 Å². The molecule has 2 aliphatic rings. The fourth-order valence-electron chi connectivity index (χ4n) is 4.51. The summed E-state index contributed by atoms with van der Waals surface area (Å²) < 4.78 is 5.43. The van der Waals surface area contributed by atoms with Crippen LogP contribution in [0.4, 0.5) is 17.1 Å². The second-order valence-electron chi connectivity index (χ2n) is 8.49. The number of allylic oxidation sites excluding steroid dienone is 1. The van der Waals surface area contributed by atoms with Crippen molar-refractivity contribution >= 4 is 40.5 Å². The summed E-state index contributed by atoms with van der Waals surface area (Å²) in [5.74, 6) is 0. The van der Waals surface area contributed by atoms with Crippen LogP contribution in [0.15, 0.2) is 47.5 Å². The van der Waals surface area contributed by atoms with Crippen molar-refractivity contribution in [1.82, 2.24) is 0 Å². The number of nitrogens with zero attached hydrogens (tertiary/aromatic N) is 3. The number of hydrogen-bond donors (Lipinski definition) is 0. The van der Waals surface area contributed by atoms with Gasteiger partial charge in [-0.15, -0.1) is 0 Å². The molecule has 0 atom stereocenters. The van der Waals surface area contributed by atoms with Gasteiger partial charge in [0.05, 0.1) is 29.5 Å². The molecule has 158 valence electrons. The number of hydrogen-bond acceptors (Lipinski definition) is 4. The minimum atomic E-state index is -0.0208. The van der Waals surface area contributed by atoms with Crippen molar-refractivity contribution in [1.29, 1.82) is 0 Å². The quantitative estimate of drug-likeness (QED) is 0.569. The van der Waals surface area contributed by atoms with Crippen LogP contribution in [0.3, 0.4) is 0 Å². The summed E-state index contributed by atoms with van der Waals surface area (Å²) in [4.78, 5) is 9.42. The Balaban J connectivity index is 1.58. The summed E-state index contributed by atoms with van der Waals surface area (Å²) in [7, 11) is 0. The van der Waals surface area contributed by atoms with Gasteiger partial charge in [-0.25, -0.2) is 0 Å². The van der Waals surface area contributed by atoms with Gasteiger partial charge >= 0.3 is 0 Å². The second kappa shape index (κ2) is 8.44. The van der Waals surface area contributed by atoms with E-state index >= 15 is 0 Å². The van der Waals surface area contributed by atoms with Crippen molar-refractivity contribution in [3.63, 3.8) is 0 Å². The van der Waals surface area contributed by atoms with Crippen molar-refractivity contribution in [2.24, 2.45) is 4.99 Å². The molecule has 4 nitrogen and oxygen atoms in total. The summed E-state index contributed by atoms with van der Waals surface area (Å²) >= 11 is 6.66. The van der Waals surface area contributed by atoms with E-state index < -0.39 is 0 Å². The Morgan fingerprint density at radius 3 is 2.50 bits per heavy atom. The Kier molecular flexibility index (Phi) is 5.90. The minimum Gasteiger partial charge on any atom is -0.378 e. The molecule has 2 heterocycles. The highest BCUT2D eigenvalue weighted by Gasteiger charge is 2.30. The predicted molar refractivity (Wildman–Crippen MR) is 129 cm³/mol. The van der Waals surface area contributed by atoms with Gasteiger partial charge in [-0.2, -0.15) is 0 Å². The highest BCUT2D eigenvalue weighted by atomic mass is 35.5. The van der Waals surface area contributed by atoms with Crippen LogP contribution in [-0.2, 0) is 4.74 Å². The van der Waals surface area contributed by atoms with Crippen LogP contribution in [-0.4, -0.2) is 44.6 Å². The van der Waals surface area contributed by atoms with Gasteiger partial charge in [-0.05, 0) is 69.7 Å². The number of anilines is 2. The molecule has 1 saturated heterocycles. The summed E-state index contributed by atoms with van der Waals surface area (Å²) in [5.41, 5.74) is 6.75. The third-order valence-corrected chi connectivity index (χ3v) is 6.32. The fraction of sp³-hybridized carbons (Fsp3) is 0.400. The van der Waals surface area contributed by atoms with Crippen molar-refractivity contribution in [2.45, 2.75) is 33.2 Å². The number of ether oxygens (including phenoxy) is 1. The normalized spacial score (nSPS) is 18.5. The lowest BCUT2D eigenvalue weighted by Crippen LogP contribution is -2.44. The van der Waals surface area contributed by atoms with Gasteiger partial charge in [0, 0.05) is 48.4 Å².